The van der Waals surface area contributed by atoms with Gasteiger partial charge in [0.15, 0.2) is 0 Å². The van der Waals surface area contributed by atoms with Crippen molar-refractivity contribution >= 4 is 0 Å². The maximum Gasteiger partial charge on any atom is 0.0566 e. The van der Waals surface area contributed by atoms with Crippen LogP contribution in [0.4, 0.5) is 0 Å². The van der Waals surface area contributed by atoms with Crippen molar-refractivity contribution in [2.75, 3.05) is 0 Å². The summed E-state index contributed by atoms with van der Waals surface area (Å²) in [5.74, 6) is 2.23. The largest absolute Gasteiger partial charge is 0.393 e. The Morgan fingerprint density at radius 1 is 1.33 bits per heavy atom. The van der Waals surface area contributed by atoms with Crippen LogP contribution >= 0.6 is 0 Å². The van der Waals surface area contributed by atoms with Crippen LogP contribution in [0.1, 0.15) is 46.5 Å². The van der Waals surface area contributed by atoms with Gasteiger partial charge in [-0.1, -0.05) is 20.8 Å². The van der Waals surface area contributed by atoms with Gasteiger partial charge in [0.25, 0.3) is 0 Å². The average Bonchev–Trinajstić information content (AvgIpc) is 1.96. The Morgan fingerprint density at radius 2 is 2.00 bits per heavy atom. The zero-order chi connectivity index (χ0) is 9.14. The SMILES string of the molecule is CC(C)C[C@H]1CC[C@H](O)[C@H](C)C1. The molecule has 0 aromatic carbocycles. The minimum Gasteiger partial charge on any atom is -0.393 e. The summed E-state index contributed by atoms with van der Waals surface area (Å²) in [6.45, 7) is 6.75. The third-order valence-corrected chi connectivity index (χ3v) is 3.04. The van der Waals surface area contributed by atoms with E-state index in [9.17, 15) is 5.11 Å². The maximum atomic E-state index is 9.53. The molecule has 1 saturated carbocycles. The summed E-state index contributed by atoms with van der Waals surface area (Å²) < 4.78 is 0. The second kappa shape index (κ2) is 4.27. The van der Waals surface area contributed by atoms with E-state index in [0.29, 0.717) is 5.92 Å². The number of aliphatic hydroxyl groups is 1. The van der Waals surface area contributed by atoms with Crippen LogP contribution in [0.15, 0.2) is 0 Å². The van der Waals surface area contributed by atoms with Crippen LogP contribution in [0.2, 0.25) is 0 Å². The van der Waals surface area contributed by atoms with Crippen LogP contribution < -0.4 is 0 Å². The Bertz CT molecular complexity index is 131. The lowest BCUT2D eigenvalue weighted by atomic mass is 9.77. The first kappa shape index (κ1) is 10.0. The number of rotatable bonds is 2. The van der Waals surface area contributed by atoms with Crippen LogP contribution in [-0.4, -0.2) is 11.2 Å². The first-order valence-electron chi connectivity index (χ1n) is 5.27. The third-order valence-electron chi connectivity index (χ3n) is 3.04. The van der Waals surface area contributed by atoms with Crippen molar-refractivity contribution in [3.05, 3.63) is 0 Å². The summed E-state index contributed by atoms with van der Waals surface area (Å²) in [7, 11) is 0. The van der Waals surface area contributed by atoms with E-state index in [-0.39, 0.29) is 6.10 Å². The molecule has 1 rings (SSSR count). The Hall–Kier alpha value is -0.0400. The highest BCUT2D eigenvalue weighted by molar-refractivity contribution is 4.77. The van der Waals surface area contributed by atoms with Crippen molar-refractivity contribution in [1.29, 1.82) is 0 Å². The summed E-state index contributed by atoms with van der Waals surface area (Å²) in [6, 6.07) is 0. The minimum absolute atomic E-state index is 0.0200. The van der Waals surface area contributed by atoms with Crippen molar-refractivity contribution in [1.82, 2.24) is 0 Å². The van der Waals surface area contributed by atoms with E-state index >= 15 is 0 Å². The molecule has 0 spiro atoms. The summed E-state index contributed by atoms with van der Waals surface area (Å²) in [5, 5.41) is 9.53. The van der Waals surface area contributed by atoms with Gasteiger partial charge in [-0.05, 0) is 43.4 Å². The average molecular weight is 170 g/mol. The molecule has 0 aliphatic heterocycles. The van der Waals surface area contributed by atoms with E-state index in [1.807, 2.05) is 0 Å². The van der Waals surface area contributed by atoms with Gasteiger partial charge in [-0.25, -0.2) is 0 Å². The van der Waals surface area contributed by atoms with Crippen LogP contribution in [0.25, 0.3) is 0 Å². The fourth-order valence-corrected chi connectivity index (χ4v) is 2.37. The lowest BCUT2D eigenvalue weighted by Gasteiger charge is -2.31. The standard InChI is InChI=1S/C11H22O/c1-8(2)6-10-4-5-11(12)9(3)7-10/h8-12H,4-7H2,1-3H3/t9-,10-,11+/m1/s1. The van der Waals surface area contributed by atoms with Crippen LogP contribution in [0.3, 0.4) is 0 Å². The fourth-order valence-electron chi connectivity index (χ4n) is 2.37. The Balaban J connectivity index is 2.30. The van der Waals surface area contributed by atoms with E-state index in [4.69, 9.17) is 0 Å². The Kier molecular flexibility index (Phi) is 3.57. The molecule has 1 aliphatic carbocycles. The second-order valence-corrected chi connectivity index (χ2v) is 4.85. The first-order valence-corrected chi connectivity index (χ1v) is 5.27. The Labute approximate surface area is 76.2 Å². The predicted octanol–water partition coefficient (Wildman–Crippen LogP) is 2.83. The minimum atomic E-state index is -0.0200. The topological polar surface area (TPSA) is 20.2 Å². The molecular formula is C11H22O. The van der Waals surface area contributed by atoms with E-state index in [1.54, 1.807) is 0 Å². The van der Waals surface area contributed by atoms with Crippen molar-refractivity contribution in [2.45, 2.75) is 52.6 Å². The molecule has 72 valence electrons. The van der Waals surface area contributed by atoms with Crippen molar-refractivity contribution in [3.8, 4) is 0 Å². The quantitative estimate of drug-likeness (QED) is 0.675. The highest BCUT2D eigenvalue weighted by atomic mass is 16.3. The third kappa shape index (κ3) is 2.78. The van der Waals surface area contributed by atoms with E-state index in [1.165, 1.54) is 19.3 Å². The molecular weight excluding hydrogens is 148 g/mol. The molecule has 1 heteroatoms. The normalized spacial score (nSPS) is 37.2. The molecule has 0 unspecified atom stereocenters. The first-order chi connectivity index (χ1) is 5.59. The summed E-state index contributed by atoms with van der Waals surface area (Å²) >= 11 is 0. The molecule has 0 aromatic rings. The molecule has 0 radical (unpaired) electrons. The van der Waals surface area contributed by atoms with Gasteiger partial charge in [0, 0.05) is 0 Å². The molecule has 12 heavy (non-hydrogen) atoms. The van der Waals surface area contributed by atoms with Gasteiger partial charge in [-0.2, -0.15) is 0 Å². The van der Waals surface area contributed by atoms with Gasteiger partial charge in [-0.15, -0.1) is 0 Å². The van der Waals surface area contributed by atoms with Gasteiger partial charge >= 0.3 is 0 Å². The second-order valence-electron chi connectivity index (χ2n) is 4.85. The van der Waals surface area contributed by atoms with Crippen molar-refractivity contribution in [2.24, 2.45) is 17.8 Å². The zero-order valence-corrected chi connectivity index (χ0v) is 8.59. The fraction of sp³-hybridized carbons (Fsp3) is 1.00. The summed E-state index contributed by atoms with van der Waals surface area (Å²) in [5.41, 5.74) is 0. The molecule has 1 nitrogen and oxygen atoms in total. The lowest BCUT2D eigenvalue weighted by molar-refractivity contribution is 0.0526. The number of hydrogen-bond donors (Lipinski definition) is 1. The molecule has 1 fully saturated rings. The number of aliphatic hydroxyl groups excluding tert-OH is 1. The molecule has 1 aliphatic rings. The zero-order valence-electron chi connectivity index (χ0n) is 8.59. The molecule has 0 heterocycles. The monoisotopic (exact) mass is 170 g/mol. The molecule has 0 bridgehead atoms. The highest BCUT2D eigenvalue weighted by Gasteiger charge is 2.25. The van der Waals surface area contributed by atoms with E-state index < -0.39 is 0 Å². The Morgan fingerprint density at radius 3 is 2.50 bits per heavy atom. The molecule has 0 aromatic heterocycles. The van der Waals surface area contributed by atoms with Gasteiger partial charge in [-0.3, -0.25) is 0 Å². The van der Waals surface area contributed by atoms with Gasteiger partial charge < -0.3 is 5.11 Å². The summed E-state index contributed by atoms with van der Waals surface area (Å²) in [6.07, 6.45) is 4.83. The van der Waals surface area contributed by atoms with Crippen LogP contribution in [0.5, 0.6) is 0 Å². The smallest absolute Gasteiger partial charge is 0.0566 e. The van der Waals surface area contributed by atoms with E-state index in [2.05, 4.69) is 20.8 Å². The molecule has 1 N–H and O–H groups in total. The maximum absolute atomic E-state index is 9.53. The number of hydrogen-bond acceptors (Lipinski definition) is 1. The van der Waals surface area contributed by atoms with E-state index in [0.717, 1.165) is 18.3 Å². The van der Waals surface area contributed by atoms with Gasteiger partial charge in [0.2, 0.25) is 0 Å². The molecule has 3 atom stereocenters. The van der Waals surface area contributed by atoms with Crippen molar-refractivity contribution < 1.29 is 5.11 Å². The molecule has 0 amide bonds. The van der Waals surface area contributed by atoms with Gasteiger partial charge in [0.05, 0.1) is 6.10 Å². The summed E-state index contributed by atoms with van der Waals surface area (Å²) in [4.78, 5) is 0. The lowest BCUT2D eigenvalue weighted by Crippen LogP contribution is -2.27. The highest BCUT2D eigenvalue weighted by Crippen LogP contribution is 2.32. The predicted molar refractivity (Wildman–Crippen MR) is 52.0 cm³/mol. The van der Waals surface area contributed by atoms with Crippen LogP contribution in [-0.2, 0) is 0 Å². The van der Waals surface area contributed by atoms with Gasteiger partial charge in [0.1, 0.15) is 0 Å². The van der Waals surface area contributed by atoms with Crippen LogP contribution in [0, 0.1) is 17.8 Å². The molecule has 0 saturated heterocycles. The van der Waals surface area contributed by atoms with Crippen molar-refractivity contribution in [3.63, 3.8) is 0 Å².